The molecule has 1 aromatic carbocycles. The average molecular weight is 352 g/mol. The largest absolute Gasteiger partial charge is 0.354 e. The lowest BCUT2D eigenvalue weighted by molar-refractivity contribution is -0.128. The molecule has 0 radical (unpaired) electrons. The van der Waals surface area contributed by atoms with Crippen LogP contribution < -0.4 is 4.90 Å². The second-order valence-corrected chi connectivity index (χ2v) is 7.24. The zero-order valence-electron chi connectivity index (χ0n) is 16.2. The standard InChI is InChI=1S/C21H28N4O/c1-15(2)19-16(3)22-20(18-9-6-5-7-10-18)23-21(19)25-12-8-11-24(13-14-25)17(4)26/h5-7,9-10,15H,8,11-14H2,1-4H3. The number of rotatable bonds is 3. The zero-order chi connectivity index (χ0) is 18.7. The number of anilines is 1. The third-order valence-electron chi connectivity index (χ3n) is 4.97. The van der Waals surface area contributed by atoms with Crippen molar-refractivity contribution in [3.8, 4) is 11.4 Å². The van der Waals surface area contributed by atoms with Crippen molar-refractivity contribution in [2.45, 2.75) is 40.0 Å². The Bertz CT molecular complexity index is 773. The summed E-state index contributed by atoms with van der Waals surface area (Å²) in [6, 6.07) is 10.1. The van der Waals surface area contributed by atoms with Crippen LogP contribution in [0, 0.1) is 6.92 Å². The van der Waals surface area contributed by atoms with Crippen molar-refractivity contribution in [3.63, 3.8) is 0 Å². The maximum Gasteiger partial charge on any atom is 0.219 e. The van der Waals surface area contributed by atoms with Crippen LogP contribution in [0.3, 0.4) is 0 Å². The van der Waals surface area contributed by atoms with Crippen LogP contribution in [0.1, 0.15) is 44.4 Å². The lowest BCUT2D eigenvalue weighted by Crippen LogP contribution is -2.34. The summed E-state index contributed by atoms with van der Waals surface area (Å²) in [5.74, 6) is 2.30. The number of amides is 1. The molecule has 0 atom stereocenters. The van der Waals surface area contributed by atoms with Gasteiger partial charge in [-0.2, -0.15) is 0 Å². The van der Waals surface area contributed by atoms with Gasteiger partial charge >= 0.3 is 0 Å². The van der Waals surface area contributed by atoms with Gasteiger partial charge in [0.25, 0.3) is 0 Å². The van der Waals surface area contributed by atoms with Crippen molar-refractivity contribution in [1.29, 1.82) is 0 Å². The lowest BCUT2D eigenvalue weighted by Gasteiger charge is -2.27. The molecule has 2 heterocycles. The minimum Gasteiger partial charge on any atom is -0.354 e. The van der Waals surface area contributed by atoms with E-state index in [1.165, 1.54) is 5.56 Å². The number of hydrogen-bond acceptors (Lipinski definition) is 4. The lowest BCUT2D eigenvalue weighted by atomic mass is 10.0. The minimum atomic E-state index is 0.153. The highest BCUT2D eigenvalue weighted by molar-refractivity contribution is 5.73. The molecule has 0 saturated carbocycles. The van der Waals surface area contributed by atoms with Gasteiger partial charge in [-0.05, 0) is 19.3 Å². The van der Waals surface area contributed by atoms with Crippen LogP contribution in [-0.2, 0) is 4.79 Å². The minimum absolute atomic E-state index is 0.153. The van der Waals surface area contributed by atoms with Crippen LogP contribution in [0.25, 0.3) is 11.4 Å². The molecule has 1 fully saturated rings. The van der Waals surface area contributed by atoms with Gasteiger partial charge < -0.3 is 9.80 Å². The molecule has 2 aromatic rings. The monoisotopic (exact) mass is 352 g/mol. The summed E-state index contributed by atoms with van der Waals surface area (Å²) >= 11 is 0. The second kappa shape index (κ2) is 7.85. The van der Waals surface area contributed by atoms with Crippen molar-refractivity contribution < 1.29 is 4.79 Å². The van der Waals surface area contributed by atoms with Crippen LogP contribution in [0.15, 0.2) is 30.3 Å². The summed E-state index contributed by atoms with van der Waals surface area (Å²) in [6.07, 6.45) is 0.959. The average Bonchev–Trinajstić information content (AvgIpc) is 2.87. The number of aromatic nitrogens is 2. The van der Waals surface area contributed by atoms with Gasteiger partial charge in [0.15, 0.2) is 5.82 Å². The number of carbonyl (C=O) groups is 1. The van der Waals surface area contributed by atoms with Gasteiger partial charge in [-0.15, -0.1) is 0 Å². The Balaban J connectivity index is 2.01. The first-order valence-electron chi connectivity index (χ1n) is 9.41. The fraction of sp³-hybridized carbons (Fsp3) is 0.476. The molecule has 1 aliphatic heterocycles. The topological polar surface area (TPSA) is 49.3 Å². The summed E-state index contributed by atoms with van der Waals surface area (Å²) in [5, 5.41) is 0. The molecule has 138 valence electrons. The van der Waals surface area contributed by atoms with Gasteiger partial charge in [-0.25, -0.2) is 9.97 Å². The Morgan fingerprint density at radius 2 is 1.77 bits per heavy atom. The van der Waals surface area contributed by atoms with Gasteiger partial charge in [0.1, 0.15) is 5.82 Å². The number of carbonyl (C=O) groups excluding carboxylic acids is 1. The van der Waals surface area contributed by atoms with Crippen LogP contribution in [-0.4, -0.2) is 47.0 Å². The van der Waals surface area contributed by atoms with Crippen molar-refractivity contribution in [2.24, 2.45) is 0 Å². The first kappa shape index (κ1) is 18.4. The Labute approximate surface area is 156 Å². The molecular weight excluding hydrogens is 324 g/mol. The van der Waals surface area contributed by atoms with Crippen LogP contribution in [0.2, 0.25) is 0 Å². The third kappa shape index (κ3) is 3.87. The molecule has 0 aliphatic carbocycles. The fourth-order valence-electron chi connectivity index (χ4n) is 3.64. The molecule has 5 nitrogen and oxygen atoms in total. The van der Waals surface area contributed by atoms with Crippen LogP contribution in [0.4, 0.5) is 5.82 Å². The quantitative estimate of drug-likeness (QED) is 0.846. The smallest absolute Gasteiger partial charge is 0.219 e. The van der Waals surface area contributed by atoms with E-state index in [0.717, 1.165) is 55.5 Å². The number of benzene rings is 1. The second-order valence-electron chi connectivity index (χ2n) is 7.24. The van der Waals surface area contributed by atoms with E-state index in [1.807, 2.05) is 35.2 Å². The molecule has 1 aliphatic rings. The summed E-state index contributed by atoms with van der Waals surface area (Å²) in [7, 11) is 0. The SMILES string of the molecule is CC(=O)N1CCCN(c2nc(-c3ccccc3)nc(C)c2C(C)C)CC1. The maximum absolute atomic E-state index is 11.7. The maximum atomic E-state index is 11.7. The van der Waals surface area contributed by atoms with E-state index in [-0.39, 0.29) is 5.91 Å². The van der Waals surface area contributed by atoms with E-state index in [2.05, 4.69) is 25.7 Å². The molecule has 0 spiro atoms. The molecule has 1 amide bonds. The fourth-order valence-corrected chi connectivity index (χ4v) is 3.64. The van der Waals surface area contributed by atoms with Crippen molar-refractivity contribution >= 4 is 11.7 Å². The van der Waals surface area contributed by atoms with Gasteiger partial charge in [0.05, 0.1) is 0 Å². The van der Waals surface area contributed by atoms with Crippen molar-refractivity contribution in [1.82, 2.24) is 14.9 Å². The molecule has 1 aromatic heterocycles. The summed E-state index contributed by atoms with van der Waals surface area (Å²) in [4.78, 5) is 25.8. The van der Waals surface area contributed by atoms with Gasteiger partial charge in [0, 0.05) is 49.9 Å². The van der Waals surface area contributed by atoms with Crippen LogP contribution >= 0.6 is 0 Å². The first-order valence-corrected chi connectivity index (χ1v) is 9.41. The van der Waals surface area contributed by atoms with Gasteiger partial charge in [0.2, 0.25) is 5.91 Å². The number of aryl methyl sites for hydroxylation is 1. The first-order chi connectivity index (χ1) is 12.5. The number of hydrogen-bond donors (Lipinski definition) is 0. The highest BCUT2D eigenvalue weighted by Crippen LogP contribution is 2.31. The molecule has 5 heteroatoms. The molecule has 1 saturated heterocycles. The van der Waals surface area contributed by atoms with Crippen molar-refractivity contribution in [3.05, 3.63) is 41.6 Å². The molecule has 0 unspecified atom stereocenters. The predicted molar refractivity (Wildman–Crippen MR) is 105 cm³/mol. The van der Waals surface area contributed by atoms with E-state index >= 15 is 0 Å². The van der Waals surface area contributed by atoms with Gasteiger partial charge in [-0.3, -0.25) is 4.79 Å². The molecule has 0 bridgehead atoms. The van der Waals surface area contributed by atoms with Crippen molar-refractivity contribution in [2.75, 3.05) is 31.1 Å². The summed E-state index contributed by atoms with van der Waals surface area (Å²) in [5.41, 5.74) is 3.28. The third-order valence-corrected chi connectivity index (χ3v) is 4.97. The molecule has 3 rings (SSSR count). The summed E-state index contributed by atoms with van der Waals surface area (Å²) in [6.45, 7) is 11.4. The normalized spacial score (nSPS) is 15.3. The molecule has 0 N–H and O–H groups in total. The number of nitrogens with zero attached hydrogens (tertiary/aromatic N) is 4. The van der Waals surface area contributed by atoms with Crippen LogP contribution in [0.5, 0.6) is 0 Å². The van der Waals surface area contributed by atoms with E-state index in [1.54, 1.807) is 6.92 Å². The zero-order valence-corrected chi connectivity index (χ0v) is 16.2. The Hall–Kier alpha value is -2.43. The predicted octanol–water partition coefficient (Wildman–Crippen LogP) is 3.63. The molecule has 26 heavy (non-hydrogen) atoms. The summed E-state index contributed by atoms with van der Waals surface area (Å²) < 4.78 is 0. The molecular formula is C21H28N4O. The Morgan fingerprint density at radius 3 is 2.42 bits per heavy atom. The van der Waals surface area contributed by atoms with Gasteiger partial charge in [-0.1, -0.05) is 44.2 Å². The highest BCUT2D eigenvalue weighted by Gasteiger charge is 2.23. The Kier molecular flexibility index (Phi) is 5.55. The van der Waals surface area contributed by atoms with E-state index in [9.17, 15) is 4.79 Å². The van der Waals surface area contributed by atoms with E-state index in [0.29, 0.717) is 5.92 Å². The van der Waals surface area contributed by atoms with E-state index in [4.69, 9.17) is 9.97 Å². The highest BCUT2D eigenvalue weighted by atomic mass is 16.2. The Morgan fingerprint density at radius 1 is 1.04 bits per heavy atom. The van der Waals surface area contributed by atoms with E-state index < -0.39 is 0 Å².